The van der Waals surface area contributed by atoms with Crippen molar-refractivity contribution in [1.82, 2.24) is 15.0 Å². The number of nitrogens with one attached hydrogen (secondary N) is 1. The summed E-state index contributed by atoms with van der Waals surface area (Å²) in [6.07, 6.45) is -2.12. The normalized spacial score (nSPS) is 15.5. The van der Waals surface area contributed by atoms with Crippen LogP contribution in [0.25, 0.3) is 22.2 Å². The van der Waals surface area contributed by atoms with Gasteiger partial charge in [-0.3, -0.25) is 5.41 Å². The Morgan fingerprint density at radius 3 is 2.54 bits per heavy atom. The average molecular weight is 532 g/mol. The molecule has 1 aliphatic rings. The summed E-state index contributed by atoms with van der Waals surface area (Å²) in [6, 6.07) is 16.5. The van der Waals surface area contributed by atoms with Gasteiger partial charge in [0, 0.05) is 18.5 Å². The molecule has 0 saturated carbocycles. The van der Waals surface area contributed by atoms with Crippen LogP contribution in [-0.2, 0) is 12.6 Å². The van der Waals surface area contributed by atoms with Crippen molar-refractivity contribution < 1.29 is 22.4 Å². The van der Waals surface area contributed by atoms with Crippen molar-refractivity contribution in [3.8, 4) is 17.1 Å². The molecule has 5 rings (SSSR count). The monoisotopic (exact) mass is 531 g/mol. The third-order valence-electron chi connectivity index (χ3n) is 6.30. The van der Waals surface area contributed by atoms with Crippen molar-refractivity contribution in [1.29, 1.82) is 5.41 Å². The highest BCUT2D eigenvalue weighted by molar-refractivity contribution is 5.87. The molecule has 0 amide bonds. The zero-order valence-electron chi connectivity index (χ0n) is 19.7. The maximum Gasteiger partial charge on any atom is 0.416 e. The van der Waals surface area contributed by atoms with Gasteiger partial charge in [-0.05, 0) is 59.5 Å². The van der Waals surface area contributed by atoms with Crippen LogP contribution in [0.1, 0.15) is 35.9 Å². The summed E-state index contributed by atoms with van der Waals surface area (Å²) in [5, 5.41) is 13.8. The Balaban J connectivity index is 0.00000320. The van der Waals surface area contributed by atoms with Gasteiger partial charge in [-0.15, -0.1) is 12.4 Å². The van der Waals surface area contributed by atoms with E-state index in [9.17, 15) is 13.2 Å². The minimum absolute atomic E-state index is 0. The molecule has 1 saturated heterocycles. The Hall–Kier alpha value is -3.79. The first-order valence-electron chi connectivity index (χ1n) is 11.6. The van der Waals surface area contributed by atoms with Crippen molar-refractivity contribution in [2.45, 2.75) is 31.5 Å². The molecule has 11 heteroatoms. The summed E-state index contributed by atoms with van der Waals surface area (Å²) >= 11 is 0. The molecule has 0 aliphatic carbocycles. The number of alkyl halides is 3. The van der Waals surface area contributed by atoms with Crippen LogP contribution < -0.4 is 10.5 Å². The first kappa shape index (κ1) is 26.3. The molecule has 0 spiro atoms. The molecule has 37 heavy (non-hydrogen) atoms. The lowest BCUT2D eigenvalue weighted by molar-refractivity contribution is -0.137. The highest BCUT2D eigenvalue weighted by Gasteiger charge is 2.32. The molecule has 3 N–H and O–H groups in total. The molecular formula is C26H25ClF3N5O2. The van der Waals surface area contributed by atoms with E-state index < -0.39 is 11.7 Å². The fourth-order valence-corrected chi connectivity index (χ4v) is 4.40. The lowest BCUT2D eigenvalue weighted by atomic mass is 10.1. The standard InChI is InChI=1S/C26H24F3N5O2.ClH/c27-26(28,29)20-8-3-16(4-9-20)11-13-35-21-10-7-17-14-19(6-5-18(17)15-21)23-32-24(36-33-23)22-2-1-12-34(22)25(30)31;/h3-10,14-15,22H,1-2,11-13H2,(H3,30,31);1H/t22-;/m0./s1. The van der Waals surface area contributed by atoms with E-state index in [4.69, 9.17) is 20.4 Å². The summed E-state index contributed by atoms with van der Waals surface area (Å²) in [4.78, 5) is 6.31. The quantitative estimate of drug-likeness (QED) is 0.234. The molecular weight excluding hydrogens is 507 g/mol. The summed E-state index contributed by atoms with van der Waals surface area (Å²) < 4.78 is 49.4. The van der Waals surface area contributed by atoms with Gasteiger partial charge in [-0.1, -0.05) is 35.5 Å². The van der Waals surface area contributed by atoms with Gasteiger partial charge in [0.2, 0.25) is 11.7 Å². The SMILES string of the molecule is Cl.N=C(N)N1CCC[C@H]1c1nc(-c2ccc3cc(OCCc4ccc(C(F)(F)F)cc4)ccc3c2)no1. The van der Waals surface area contributed by atoms with E-state index in [0.717, 1.165) is 46.9 Å². The van der Waals surface area contributed by atoms with Gasteiger partial charge in [0.15, 0.2) is 5.96 Å². The lowest BCUT2D eigenvalue weighted by Gasteiger charge is -2.21. The molecule has 194 valence electrons. The molecule has 3 aromatic carbocycles. The van der Waals surface area contributed by atoms with Crippen molar-refractivity contribution in [2.24, 2.45) is 5.73 Å². The largest absolute Gasteiger partial charge is 0.493 e. The number of likely N-dealkylation sites (tertiary alicyclic amines) is 1. The fourth-order valence-electron chi connectivity index (χ4n) is 4.40. The number of halogens is 4. The smallest absolute Gasteiger partial charge is 0.416 e. The topological polar surface area (TPSA) is 101 Å². The van der Waals surface area contributed by atoms with Crippen LogP contribution in [0.15, 0.2) is 65.2 Å². The van der Waals surface area contributed by atoms with E-state index in [2.05, 4.69) is 10.1 Å². The third kappa shape index (κ3) is 5.80. The Bertz CT molecular complexity index is 1390. The van der Waals surface area contributed by atoms with Crippen molar-refractivity contribution in [3.63, 3.8) is 0 Å². The fraction of sp³-hybridized carbons (Fsp3) is 0.269. The number of ether oxygens (including phenoxy) is 1. The van der Waals surface area contributed by atoms with Crippen LogP contribution in [0.5, 0.6) is 5.75 Å². The number of nitrogens with zero attached hydrogens (tertiary/aromatic N) is 3. The van der Waals surface area contributed by atoms with Crippen LogP contribution in [-0.4, -0.2) is 34.2 Å². The van der Waals surface area contributed by atoms with E-state index in [0.29, 0.717) is 37.0 Å². The molecule has 1 fully saturated rings. The van der Waals surface area contributed by atoms with E-state index in [1.807, 2.05) is 36.4 Å². The van der Waals surface area contributed by atoms with E-state index in [1.54, 1.807) is 4.90 Å². The van der Waals surface area contributed by atoms with Crippen molar-refractivity contribution in [2.75, 3.05) is 13.2 Å². The van der Waals surface area contributed by atoms with Crippen molar-refractivity contribution in [3.05, 3.63) is 77.7 Å². The second kappa shape index (κ2) is 10.7. The van der Waals surface area contributed by atoms with Gasteiger partial charge >= 0.3 is 6.18 Å². The zero-order valence-corrected chi connectivity index (χ0v) is 20.5. The number of hydrogen-bond donors (Lipinski definition) is 2. The van der Waals surface area contributed by atoms with Gasteiger partial charge in [0.05, 0.1) is 12.2 Å². The number of hydrogen-bond acceptors (Lipinski definition) is 5. The summed E-state index contributed by atoms with van der Waals surface area (Å²) in [7, 11) is 0. The van der Waals surface area contributed by atoms with Crippen LogP contribution >= 0.6 is 12.4 Å². The Morgan fingerprint density at radius 1 is 1.08 bits per heavy atom. The highest BCUT2D eigenvalue weighted by atomic mass is 35.5. The lowest BCUT2D eigenvalue weighted by Crippen LogP contribution is -2.35. The van der Waals surface area contributed by atoms with E-state index in [-0.39, 0.29) is 24.4 Å². The number of benzene rings is 3. The predicted molar refractivity (Wildman–Crippen MR) is 136 cm³/mol. The maximum atomic E-state index is 12.7. The minimum Gasteiger partial charge on any atom is -0.493 e. The first-order valence-corrected chi connectivity index (χ1v) is 11.6. The third-order valence-corrected chi connectivity index (χ3v) is 6.30. The molecule has 1 aliphatic heterocycles. The Labute approximate surface area is 217 Å². The second-order valence-electron chi connectivity index (χ2n) is 8.71. The summed E-state index contributed by atoms with van der Waals surface area (Å²) in [5.74, 6) is 1.60. The van der Waals surface area contributed by atoms with Gasteiger partial charge in [-0.25, -0.2) is 0 Å². The number of guanidine groups is 1. The van der Waals surface area contributed by atoms with Gasteiger partial charge in [0.1, 0.15) is 11.8 Å². The van der Waals surface area contributed by atoms with Crippen molar-refractivity contribution >= 4 is 29.1 Å². The molecule has 4 aromatic rings. The summed E-state index contributed by atoms with van der Waals surface area (Å²) in [6.45, 7) is 1.04. The molecule has 0 unspecified atom stereocenters. The summed E-state index contributed by atoms with van der Waals surface area (Å²) in [5.41, 5.74) is 6.59. The van der Waals surface area contributed by atoms with Gasteiger partial charge in [-0.2, -0.15) is 18.2 Å². The Kier molecular flexibility index (Phi) is 7.58. The number of aromatic nitrogens is 2. The zero-order chi connectivity index (χ0) is 25.3. The second-order valence-corrected chi connectivity index (χ2v) is 8.71. The number of fused-ring (bicyclic) bond motifs is 1. The van der Waals surface area contributed by atoms with Crippen LogP contribution in [0.2, 0.25) is 0 Å². The number of nitrogens with two attached hydrogens (primary N) is 1. The van der Waals surface area contributed by atoms with E-state index >= 15 is 0 Å². The Morgan fingerprint density at radius 2 is 1.81 bits per heavy atom. The molecule has 7 nitrogen and oxygen atoms in total. The highest BCUT2D eigenvalue weighted by Crippen LogP contribution is 2.33. The van der Waals surface area contributed by atoms with Crippen LogP contribution in [0, 0.1) is 5.41 Å². The van der Waals surface area contributed by atoms with Gasteiger partial charge < -0.3 is 19.9 Å². The molecule has 2 heterocycles. The first-order chi connectivity index (χ1) is 17.3. The van der Waals surface area contributed by atoms with Crippen LogP contribution in [0.4, 0.5) is 13.2 Å². The molecule has 0 radical (unpaired) electrons. The minimum atomic E-state index is -4.33. The number of rotatable bonds is 6. The molecule has 1 atom stereocenters. The van der Waals surface area contributed by atoms with Crippen LogP contribution in [0.3, 0.4) is 0 Å². The average Bonchev–Trinajstić information content (AvgIpc) is 3.53. The van der Waals surface area contributed by atoms with Gasteiger partial charge in [0.25, 0.3) is 0 Å². The molecule has 0 bridgehead atoms. The maximum absolute atomic E-state index is 12.7. The van der Waals surface area contributed by atoms with E-state index in [1.165, 1.54) is 12.1 Å². The predicted octanol–water partition coefficient (Wildman–Crippen LogP) is 5.98. The molecule has 1 aromatic heterocycles.